The van der Waals surface area contributed by atoms with Gasteiger partial charge in [-0.05, 0) is 0 Å². The molecule has 11 heavy (non-hydrogen) atoms. The molecule has 2 nitrogen and oxygen atoms in total. The fourth-order valence-corrected chi connectivity index (χ4v) is 2.76. The van der Waals surface area contributed by atoms with Crippen molar-refractivity contribution in [3.63, 3.8) is 0 Å². The van der Waals surface area contributed by atoms with Crippen LogP contribution < -0.4 is 0 Å². The van der Waals surface area contributed by atoms with Crippen LogP contribution in [0.2, 0.25) is 9.36 Å². The normalized spacial score (nSPS) is 12.3. The van der Waals surface area contributed by atoms with E-state index >= 15 is 0 Å². The first-order valence-electron chi connectivity index (χ1n) is 2.16. The van der Waals surface area contributed by atoms with Gasteiger partial charge in [-0.1, -0.05) is 23.2 Å². The molecule has 0 aliphatic heterocycles. The first-order chi connectivity index (χ1) is 4.63. The third-order valence-corrected chi connectivity index (χ3v) is 3.61. The van der Waals surface area contributed by atoms with Crippen LogP contribution in [0.1, 0.15) is 0 Å². The van der Waals surface area contributed by atoms with Crippen molar-refractivity contribution in [1.29, 1.82) is 0 Å². The molecule has 0 aromatic carbocycles. The third-order valence-electron chi connectivity index (χ3n) is 0.836. The Morgan fingerprint density at radius 1 is 1.55 bits per heavy atom. The number of halogens is 2. The number of thiophene rings is 1. The average molecular weight is 241 g/mol. The van der Waals surface area contributed by atoms with Crippen LogP contribution in [-0.4, -0.2) is 38.3 Å². The molecule has 0 radical (unpaired) electrons. The Kier molecular flexibility index (Phi) is 5.85. The first kappa shape index (κ1) is 12.4. The molecular weight excluding hydrogens is 238 g/mol. The maximum atomic E-state index is 10.5. The van der Waals surface area contributed by atoms with Gasteiger partial charge in [0.05, 0.1) is 5.02 Å². The summed E-state index contributed by atoms with van der Waals surface area (Å²) in [6.07, 6.45) is 0. The molecule has 1 aromatic rings. The molecule has 1 unspecified atom stereocenters. The minimum atomic E-state index is -2.07. The predicted molar refractivity (Wildman–Crippen MR) is 50.5 cm³/mol. The van der Waals surface area contributed by atoms with E-state index in [-0.39, 0.29) is 43.8 Å². The van der Waals surface area contributed by atoms with Gasteiger partial charge in [0.15, 0.2) is 11.1 Å². The standard InChI is InChI=1S/C4H2Cl2O2S2.Na.H/c5-2-1-9-4(6)3(2)10(7)8;;/h1H,(H,7,8);;. The van der Waals surface area contributed by atoms with Crippen molar-refractivity contribution in [1.82, 2.24) is 0 Å². The monoisotopic (exact) mass is 240 g/mol. The summed E-state index contributed by atoms with van der Waals surface area (Å²) in [4.78, 5) is 0.105. The summed E-state index contributed by atoms with van der Waals surface area (Å²) in [7, 11) is 0. The van der Waals surface area contributed by atoms with Crippen LogP contribution in [0.3, 0.4) is 0 Å². The van der Waals surface area contributed by atoms with E-state index in [2.05, 4.69) is 0 Å². The van der Waals surface area contributed by atoms with Crippen molar-refractivity contribution in [2.75, 3.05) is 0 Å². The second-order valence-corrected chi connectivity index (χ2v) is 4.23. The fourth-order valence-electron chi connectivity index (χ4n) is 0.456. The van der Waals surface area contributed by atoms with Gasteiger partial charge in [-0.3, -0.25) is 0 Å². The number of rotatable bonds is 1. The van der Waals surface area contributed by atoms with Gasteiger partial charge in [-0.15, -0.1) is 11.3 Å². The van der Waals surface area contributed by atoms with Crippen molar-refractivity contribution in [3.8, 4) is 0 Å². The SMILES string of the molecule is O=S(O)c1c(Cl)csc1Cl.[NaH]. The van der Waals surface area contributed by atoms with Gasteiger partial charge in [-0.25, -0.2) is 4.21 Å². The van der Waals surface area contributed by atoms with E-state index in [1.54, 1.807) is 0 Å². The zero-order valence-electron chi connectivity index (χ0n) is 4.51. The molecule has 0 saturated carbocycles. The quantitative estimate of drug-likeness (QED) is 0.603. The molecule has 1 aromatic heterocycles. The molecule has 1 rings (SSSR count). The molecule has 7 heteroatoms. The third kappa shape index (κ3) is 2.97. The van der Waals surface area contributed by atoms with Crippen LogP contribution in [0.5, 0.6) is 0 Å². The van der Waals surface area contributed by atoms with Crippen molar-refractivity contribution < 1.29 is 8.76 Å². The molecule has 0 fully saturated rings. The van der Waals surface area contributed by atoms with Crippen LogP contribution in [0.25, 0.3) is 0 Å². The minimum absolute atomic E-state index is 0. The van der Waals surface area contributed by atoms with Gasteiger partial charge in [0, 0.05) is 5.38 Å². The van der Waals surface area contributed by atoms with Gasteiger partial charge < -0.3 is 4.55 Å². The van der Waals surface area contributed by atoms with Gasteiger partial charge >= 0.3 is 29.6 Å². The first-order valence-corrected chi connectivity index (χ1v) is 4.90. The van der Waals surface area contributed by atoms with E-state index in [9.17, 15) is 4.21 Å². The predicted octanol–water partition coefficient (Wildman–Crippen LogP) is 1.99. The van der Waals surface area contributed by atoms with Gasteiger partial charge in [0.2, 0.25) is 0 Å². The van der Waals surface area contributed by atoms with Gasteiger partial charge in [0.25, 0.3) is 0 Å². The molecule has 0 saturated heterocycles. The summed E-state index contributed by atoms with van der Waals surface area (Å²) in [5, 5.41) is 1.77. The Hall–Kier alpha value is 1.39. The number of hydrogen-bond donors (Lipinski definition) is 1. The molecule has 0 amide bonds. The van der Waals surface area contributed by atoms with Gasteiger partial charge in [-0.2, -0.15) is 0 Å². The molecule has 0 aliphatic carbocycles. The van der Waals surface area contributed by atoms with Crippen LogP contribution in [0, 0.1) is 0 Å². The summed E-state index contributed by atoms with van der Waals surface area (Å²) >= 11 is 10.1. The molecule has 0 spiro atoms. The molecule has 0 aliphatic rings. The molecule has 1 N–H and O–H groups in total. The Labute approximate surface area is 102 Å². The molecule has 58 valence electrons. The molecule has 0 bridgehead atoms. The Bertz CT molecular complexity index is 256. The fraction of sp³-hybridized carbons (Fsp3) is 0. The van der Waals surface area contributed by atoms with Crippen LogP contribution in [0.15, 0.2) is 10.3 Å². The van der Waals surface area contributed by atoms with Crippen LogP contribution in [0.4, 0.5) is 0 Å². The summed E-state index contributed by atoms with van der Waals surface area (Å²) in [6, 6.07) is 0. The van der Waals surface area contributed by atoms with E-state index in [0.717, 1.165) is 11.3 Å². The Morgan fingerprint density at radius 3 is 2.27 bits per heavy atom. The molecule has 1 heterocycles. The van der Waals surface area contributed by atoms with Crippen molar-refractivity contribution in [2.24, 2.45) is 0 Å². The van der Waals surface area contributed by atoms with Crippen LogP contribution in [-0.2, 0) is 11.1 Å². The second-order valence-electron chi connectivity index (χ2n) is 1.44. The average Bonchev–Trinajstić information content (AvgIpc) is 2.11. The van der Waals surface area contributed by atoms with E-state index < -0.39 is 11.1 Å². The zero-order chi connectivity index (χ0) is 7.72. The van der Waals surface area contributed by atoms with E-state index in [1.807, 2.05) is 0 Å². The summed E-state index contributed by atoms with van der Waals surface area (Å²) in [6.45, 7) is 0. The Balaban J connectivity index is 0.000001000. The Morgan fingerprint density at radius 2 is 2.09 bits per heavy atom. The van der Waals surface area contributed by atoms with Gasteiger partial charge in [0.1, 0.15) is 9.23 Å². The second kappa shape index (κ2) is 5.19. The topological polar surface area (TPSA) is 37.3 Å². The molecular formula is C4H3Cl2NaO2S2. The van der Waals surface area contributed by atoms with Crippen molar-refractivity contribution in [3.05, 3.63) is 14.7 Å². The van der Waals surface area contributed by atoms with Crippen molar-refractivity contribution in [2.45, 2.75) is 4.90 Å². The zero-order valence-corrected chi connectivity index (χ0v) is 7.65. The molecule has 1 atom stereocenters. The summed E-state index contributed by atoms with van der Waals surface area (Å²) in [5.74, 6) is 0. The van der Waals surface area contributed by atoms with E-state index in [0.29, 0.717) is 0 Å². The van der Waals surface area contributed by atoms with Crippen molar-refractivity contribution >= 4 is 75.2 Å². The summed E-state index contributed by atoms with van der Waals surface area (Å²) in [5.41, 5.74) is 0. The van der Waals surface area contributed by atoms with E-state index in [1.165, 1.54) is 5.38 Å². The summed E-state index contributed by atoms with van der Waals surface area (Å²) < 4.78 is 19.3. The maximum absolute atomic E-state index is 10.5. The van der Waals surface area contributed by atoms with Crippen LogP contribution >= 0.6 is 34.5 Å². The van der Waals surface area contributed by atoms with E-state index in [4.69, 9.17) is 27.8 Å². The number of hydrogen-bond acceptors (Lipinski definition) is 2.